The van der Waals surface area contributed by atoms with E-state index in [9.17, 15) is 0 Å². The van der Waals surface area contributed by atoms with E-state index < -0.39 is 6.29 Å². The molecule has 0 N–H and O–H groups in total. The maximum Gasteiger partial charge on any atom is 0.216 e. The van der Waals surface area contributed by atoms with Gasteiger partial charge in [0.05, 0.1) is 6.20 Å². The molecular weight excluding hydrogens is 224 g/mol. The predicted octanol–water partition coefficient (Wildman–Crippen LogP) is 1.47. The van der Waals surface area contributed by atoms with Crippen molar-refractivity contribution in [3.63, 3.8) is 0 Å². The normalized spacial score (nSPS) is 11.1. The van der Waals surface area contributed by atoms with Crippen molar-refractivity contribution in [1.82, 2.24) is 9.55 Å². The summed E-state index contributed by atoms with van der Waals surface area (Å²) < 4.78 is 12.9. The largest absolute Gasteiger partial charge is 0.349 e. The summed E-state index contributed by atoms with van der Waals surface area (Å²) in [6.45, 7) is 0. The van der Waals surface area contributed by atoms with Crippen molar-refractivity contribution < 1.29 is 9.47 Å². The molecule has 1 aromatic heterocycles. The van der Waals surface area contributed by atoms with Gasteiger partial charge in [-0.2, -0.15) is 0 Å². The number of rotatable bonds is 3. The monoisotopic (exact) mass is 234 g/mol. The molecule has 1 aromatic rings. The lowest BCUT2D eigenvalue weighted by atomic mass is 10.6. The Kier molecular flexibility index (Phi) is 3.25. The van der Waals surface area contributed by atoms with Gasteiger partial charge < -0.3 is 14.0 Å². The van der Waals surface area contributed by atoms with Crippen molar-refractivity contribution in [2.24, 2.45) is 7.05 Å². The first kappa shape index (κ1) is 9.70. The third-order valence-corrected chi connectivity index (χ3v) is 2.34. The van der Waals surface area contributed by atoms with Crippen LogP contribution in [0.1, 0.15) is 12.1 Å². The molecule has 5 heteroatoms. The number of halogens is 1. The molecule has 1 rings (SSSR count). The molecule has 0 amide bonds. The first-order chi connectivity index (χ1) is 5.70. The number of hydrogen-bond donors (Lipinski definition) is 0. The van der Waals surface area contributed by atoms with E-state index >= 15 is 0 Å². The minimum absolute atomic E-state index is 0.402. The van der Waals surface area contributed by atoms with Gasteiger partial charge in [-0.15, -0.1) is 0 Å². The molecule has 0 aliphatic carbocycles. The van der Waals surface area contributed by atoms with E-state index in [1.165, 1.54) is 0 Å². The highest BCUT2D eigenvalue weighted by molar-refractivity contribution is 9.10. The number of hydrogen-bond acceptors (Lipinski definition) is 3. The third-order valence-electron chi connectivity index (χ3n) is 1.61. The molecule has 0 spiro atoms. The Morgan fingerprint density at radius 1 is 1.50 bits per heavy atom. The molecule has 4 nitrogen and oxygen atoms in total. The molecule has 0 aliphatic rings. The van der Waals surface area contributed by atoms with Crippen LogP contribution in [0.25, 0.3) is 0 Å². The highest BCUT2D eigenvalue weighted by Gasteiger charge is 2.15. The molecule has 12 heavy (non-hydrogen) atoms. The fourth-order valence-corrected chi connectivity index (χ4v) is 1.21. The van der Waals surface area contributed by atoms with Gasteiger partial charge in [0.15, 0.2) is 5.82 Å². The quantitative estimate of drug-likeness (QED) is 0.744. The number of methoxy groups -OCH3 is 2. The Morgan fingerprint density at radius 3 is 2.42 bits per heavy atom. The molecule has 0 saturated carbocycles. The van der Waals surface area contributed by atoms with Crippen molar-refractivity contribution in [3.05, 3.63) is 16.6 Å². The van der Waals surface area contributed by atoms with Gasteiger partial charge in [-0.1, -0.05) is 0 Å². The van der Waals surface area contributed by atoms with E-state index in [0.717, 1.165) is 10.4 Å². The molecule has 0 bridgehead atoms. The lowest BCUT2D eigenvalue weighted by Gasteiger charge is -2.12. The van der Waals surface area contributed by atoms with Crippen LogP contribution in [-0.2, 0) is 16.5 Å². The van der Waals surface area contributed by atoms with Crippen LogP contribution in [0.15, 0.2) is 10.8 Å². The van der Waals surface area contributed by atoms with Crippen molar-refractivity contribution in [3.8, 4) is 0 Å². The second kappa shape index (κ2) is 4.02. The number of nitrogens with zero attached hydrogens (tertiary/aromatic N) is 2. The zero-order chi connectivity index (χ0) is 9.14. The number of aromatic nitrogens is 2. The van der Waals surface area contributed by atoms with Crippen molar-refractivity contribution in [1.29, 1.82) is 0 Å². The van der Waals surface area contributed by atoms with Crippen LogP contribution in [0, 0.1) is 0 Å². The van der Waals surface area contributed by atoms with E-state index in [1.807, 2.05) is 11.6 Å². The van der Waals surface area contributed by atoms with E-state index in [4.69, 9.17) is 9.47 Å². The lowest BCUT2D eigenvalue weighted by Crippen LogP contribution is -2.10. The van der Waals surface area contributed by atoms with Crippen LogP contribution in [0.5, 0.6) is 0 Å². The van der Waals surface area contributed by atoms with E-state index in [2.05, 4.69) is 20.9 Å². The Labute approximate surface area is 79.6 Å². The minimum Gasteiger partial charge on any atom is -0.349 e. The summed E-state index contributed by atoms with van der Waals surface area (Å²) in [5, 5.41) is 0. The molecule has 0 atom stereocenters. The molecular formula is C7H11BrN2O2. The van der Waals surface area contributed by atoms with Crippen LogP contribution < -0.4 is 0 Å². The summed E-state index contributed by atoms with van der Waals surface area (Å²) in [7, 11) is 5.05. The molecule has 1 heterocycles. The van der Waals surface area contributed by atoms with Crippen molar-refractivity contribution in [2.75, 3.05) is 14.2 Å². The highest BCUT2D eigenvalue weighted by Crippen LogP contribution is 2.19. The summed E-state index contributed by atoms with van der Waals surface area (Å²) >= 11 is 3.33. The zero-order valence-electron chi connectivity index (χ0n) is 7.24. The Bertz CT molecular complexity index is 258. The first-order valence-corrected chi connectivity index (χ1v) is 4.22. The van der Waals surface area contributed by atoms with E-state index in [-0.39, 0.29) is 0 Å². The van der Waals surface area contributed by atoms with Gasteiger partial charge in [-0.3, -0.25) is 0 Å². The summed E-state index contributed by atoms with van der Waals surface area (Å²) in [4.78, 5) is 4.12. The highest BCUT2D eigenvalue weighted by atomic mass is 79.9. The van der Waals surface area contributed by atoms with Gasteiger partial charge >= 0.3 is 0 Å². The molecule has 0 aliphatic heterocycles. The average molecular weight is 235 g/mol. The van der Waals surface area contributed by atoms with Crippen LogP contribution in [0.2, 0.25) is 0 Å². The van der Waals surface area contributed by atoms with Gasteiger partial charge in [0.25, 0.3) is 0 Å². The summed E-state index contributed by atoms with van der Waals surface area (Å²) in [5.41, 5.74) is 0. The van der Waals surface area contributed by atoms with E-state index in [0.29, 0.717) is 0 Å². The fourth-order valence-electron chi connectivity index (χ4n) is 0.928. The molecule has 0 aromatic carbocycles. The van der Waals surface area contributed by atoms with E-state index in [1.54, 1.807) is 20.4 Å². The van der Waals surface area contributed by atoms with Crippen LogP contribution in [-0.4, -0.2) is 23.8 Å². The summed E-state index contributed by atoms with van der Waals surface area (Å²) in [6.07, 6.45) is 1.31. The van der Waals surface area contributed by atoms with Gasteiger partial charge in [0.1, 0.15) is 4.60 Å². The topological polar surface area (TPSA) is 36.3 Å². The van der Waals surface area contributed by atoms with Crippen LogP contribution >= 0.6 is 15.9 Å². The fraction of sp³-hybridized carbons (Fsp3) is 0.571. The zero-order valence-corrected chi connectivity index (χ0v) is 8.83. The summed E-state index contributed by atoms with van der Waals surface area (Å²) in [6, 6.07) is 0. The summed E-state index contributed by atoms with van der Waals surface area (Å²) in [5.74, 6) is 0.742. The second-order valence-corrected chi connectivity index (χ2v) is 3.11. The number of ether oxygens (including phenoxy) is 2. The van der Waals surface area contributed by atoms with Gasteiger partial charge in [-0.05, 0) is 15.9 Å². The smallest absolute Gasteiger partial charge is 0.216 e. The average Bonchev–Trinajstić information content (AvgIpc) is 2.38. The second-order valence-electron chi connectivity index (χ2n) is 2.30. The van der Waals surface area contributed by atoms with Crippen molar-refractivity contribution >= 4 is 15.9 Å². The molecule has 68 valence electrons. The first-order valence-electron chi connectivity index (χ1n) is 3.43. The SMILES string of the molecule is COC(OC)c1ncc(Br)n1C. The Balaban J connectivity index is 2.93. The Morgan fingerprint density at radius 2 is 2.08 bits per heavy atom. The standard InChI is InChI=1S/C7H11BrN2O2/c1-10-5(8)4-9-6(10)7(11-2)12-3/h4,7H,1-3H3. The third kappa shape index (κ3) is 1.68. The van der Waals surface area contributed by atoms with Crippen LogP contribution in [0.4, 0.5) is 0 Å². The Hall–Kier alpha value is -0.390. The maximum atomic E-state index is 5.05. The number of imidazole rings is 1. The maximum absolute atomic E-state index is 5.05. The predicted molar refractivity (Wildman–Crippen MR) is 47.7 cm³/mol. The van der Waals surface area contributed by atoms with Crippen molar-refractivity contribution in [2.45, 2.75) is 6.29 Å². The van der Waals surface area contributed by atoms with Gasteiger partial charge in [-0.25, -0.2) is 4.98 Å². The van der Waals surface area contributed by atoms with Gasteiger partial charge in [0.2, 0.25) is 6.29 Å². The molecule has 0 unspecified atom stereocenters. The van der Waals surface area contributed by atoms with Gasteiger partial charge in [0, 0.05) is 21.3 Å². The molecule has 0 radical (unpaired) electrons. The molecule has 0 fully saturated rings. The van der Waals surface area contributed by atoms with Crippen LogP contribution in [0.3, 0.4) is 0 Å². The molecule has 0 saturated heterocycles. The minimum atomic E-state index is -0.402. The lowest BCUT2D eigenvalue weighted by molar-refractivity contribution is -0.112.